The van der Waals surface area contributed by atoms with E-state index in [4.69, 9.17) is 16.3 Å². The Labute approximate surface area is 138 Å². The van der Waals surface area contributed by atoms with Crippen LogP contribution in [0.4, 0.5) is 5.69 Å². The van der Waals surface area contributed by atoms with Gasteiger partial charge in [0, 0.05) is 17.1 Å². The number of anilines is 1. The highest BCUT2D eigenvalue weighted by Crippen LogP contribution is 2.14. The molecule has 0 aliphatic rings. The standard InChI is InChI=1S/C16H16ClNO3S/c1-11(16(20)18-14-5-3-13(17)4-6-14)21-15(19)7-2-12-8-9-22-10-12/h3-6,8-11H,2,7H2,1H3,(H,18,20)/t11-/m0/s1. The number of hydrogen-bond donors (Lipinski definition) is 1. The molecular weight excluding hydrogens is 322 g/mol. The summed E-state index contributed by atoms with van der Waals surface area (Å²) in [5, 5.41) is 7.21. The SMILES string of the molecule is C[C@H](OC(=O)CCc1ccsc1)C(=O)Nc1ccc(Cl)cc1. The fourth-order valence-corrected chi connectivity index (χ4v) is 2.60. The normalized spacial score (nSPS) is 11.7. The van der Waals surface area contributed by atoms with Gasteiger partial charge in [-0.1, -0.05) is 11.6 Å². The molecule has 2 rings (SSSR count). The average Bonchev–Trinajstić information content (AvgIpc) is 3.01. The van der Waals surface area contributed by atoms with Crippen molar-refractivity contribution in [3.63, 3.8) is 0 Å². The van der Waals surface area contributed by atoms with E-state index >= 15 is 0 Å². The highest BCUT2D eigenvalue weighted by atomic mass is 35.5. The lowest BCUT2D eigenvalue weighted by Gasteiger charge is -2.13. The van der Waals surface area contributed by atoms with Crippen LogP contribution in [0.15, 0.2) is 41.1 Å². The summed E-state index contributed by atoms with van der Waals surface area (Å²) in [7, 11) is 0. The maximum atomic E-state index is 11.9. The number of nitrogens with one attached hydrogen (secondary N) is 1. The van der Waals surface area contributed by atoms with Crippen LogP contribution >= 0.6 is 22.9 Å². The minimum absolute atomic E-state index is 0.259. The second-order valence-corrected chi connectivity index (χ2v) is 5.98. The Morgan fingerprint density at radius 2 is 2.00 bits per heavy atom. The number of carbonyl (C=O) groups is 2. The van der Waals surface area contributed by atoms with Crippen molar-refractivity contribution in [1.29, 1.82) is 0 Å². The van der Waals surface area contributed by atoms with Gasteiger partial charge in [-0.05, 0) is 60.0 Å². The molecule has 0 radical (unpaired) electrons. The summed E-state index contributed by atoms with van der Waals surface area (Å²) in [6.45, 7) is 1.55. The molecule has 0 aliphatic heterocycles. The minimum Gasteiger partial charge on any atom is -0.453 e. The summed E-state index contributed by atoms with van der Waals surface area (Å²) in [5.74, 6) is -0.754. The molecule has 0 spiro atoms. The molecule has 6 heteroatoms. The van der Waals surface area contributed by atoms with Gasteiger partial charge in [0.25, 0.3) is 5.91 Å². The Balaban J connectivity index is 1.77. The van der Waals surface area contributed by atoms with Gasteiger partial charge in [-0.15, -0.1) is 0 Å². The number of hydrogen-bond acceptors (Lipinski definition) is 4. The van der Waals surface area contributed by atoms with Gasteiger partial charge in [0.15, 0.2) is 6.10 Å². The lowest BCUT2D eigenvalue weighted by Crippen LogP contribution is -2.30. The summed E-state index contributed by atoms with van der Waals surface area (Å²) < 4.78 is 5.13. The van der Waals surface area contributed by atoms with E-state index in [-0.39, 0.29) is 18.3 Å². The van der Waals surface area contributed by atoms with Crippen molar-refractivity contribution in [3.8, 4) is 0 Å². The molecule has 1 atom stereocenters. The number of halogens is 1. The molecule has 22 heavy (non-hydrogen) atoms. The molecule has 1 aromatic carbocycles. The van der Waals surface area contributed by atoms with Gasteiger partial charge in [-0.3, -0.25) is 9.59 Å². The van der Waals surface area contributed by atoms with Gasteiger partial charge in [0.1, 0.15) is 0 Å². The Morgan fingerprint density at radius 1 is 1.27 bits per heavy atom. The lowest BCUT2D eigenvalue weighted by molar-refractivity contribution is -0.153. The van der Waals surface area contributed by atoms with E-state index in [1.54, 1.807) is 42.5 Å². The fraction of sp³-hybridized carbons (Fsp3) is 0.250. The van der Waals surface area contributed by atoms with Crippen LogP contribution in [0.1, 0.15) is 18.9 Å². The van der Waals surface area contributed by atoms with E-state index in [9.17, 15) is 9.59 Å². The van der Waals surface area contributed by atoms with Crippen LogP contribution in [0.3, 0.4) is 0 Å². The Kier molecular flexibility index (Phi) is 5.98. The maximum absolute atomic E-state index is 11.9. The molecule has 0 saturated carbocycles. The highest BCUT2D eigenvalue weighted by molar-refractivity contribution is 7.07. The highest BCUT2D eigenvalue weighted by Gasteiger charge is 2.17. The zero-order chi connectivity index (χ0) is 15.9. The number of ether oxygens (including phenoxy) is 1. The van der Waals surface area contributed by atoms with Crippen molar-refractivity contribution in [2.75, 3.05) is 5.32 Å². The van der Waals surface area contributed by atoms with Gasteiger partial charge < -0.3 is 10.1 Å². The van der Waals surface area contributed by atoms with E-state index in [1.165, 1.54) is 0 Å². The van der Waals surface area contributed by atoms with Crippen molar-refractivity contribution < 1.29 is 14.3 Å². The summed E-state index contributed by atoms with van der Waals surface area (Å²) in [5.41, 5.74) is 1.70. The van der Waals surface area contributed by atoms with Gasteiger partial charge in [0.05, 0.1) is 0 Å². The van der Waals surface area contributed by atoms with Crippen LogP contribution in [0.25, 0.3) is 0 Å². The van der Waals surface area contributed by atoms with Crippen LogP contribution < -0.4 is 5.32 Å². The smallest absolute Gasteiger partial charge is 0.306 e. The molecule has 0 unspecified atom stereocenters. The summed E-state index contributed by atoms with van der Waals surface area (Å²) in [6.07, 6.45) is 0.0361. The van der Waals surface area contributed by atoms with E-state index in [0.29, 0.717) is 17.1 Å². The van der Waals surface area contributed by atoms with Crippen LogP contribution in [-0.4, -0.2) is 18.0 Å². The number of aryl methyl sites for hydroxylation is 1. The first kappa shape index (κ1) is 16.5. The Hall–Kier alpha value is -1.85. The fourth-order valence-electron chi connectivity index (χ4n) is 1.77. The predicted octanol–water partition coefficient (Wildman–Crippen LogP) is 3.90. The molecular formula is C16H16ClNO3S. The van der Waals surface area contributed by atoms with E-state index in [2.05, 4.69) is 5.32 Å². The third-order valence-electron chi connectivity index (χ3n) is 2.99. The summed E-state index contributed by atoms with van der Waals surface area (Å²) in [6, 6.07) is 8.69. The van der Waals surface area contributed by atoms with E-state index in [1.807, 2.05) is 16.8 Å². The topological polar surface area (TPSA) is 55.4 Å². The molecule has 0 aliphatic carbocycles. The molecule has 1 N–H and O–H groups in total. The van der Waals surface area contributed by atoms with Crippen molar-refractivity contribution in [2.45, 2.75) is 25.9 Å². The van der Waals surface area contributed by atoms with Gasteiger partial charge in [0.2, 0.25) is 0 Å². The largest absolute Gasteiger partial charge is 0.453 e. The number of thiophene rings is 1. The molecule has 2 aromatic rings. The molecule has 0 fully saturated rings. The quantitative estimate of drug-likeness (QED) is 0.813. The van der Waals surface area contributed by atoms with Crippen molar-refractivity contribution in [1.82, 2.24) is 0 Å². The second-order valence-electron chi connectivity index (χ2n) is 4.76. The molecule has 116 valence electrons. The molecule has 0 bridgehead atoms. The number of esters is 1. The average molecular weight is 338 g/mol. The summed E-state index contributed by atoms with van der Waals surface area (Å²) in [4.78, 5) is 23.7. The third-order valence-corrected chi connectivity index (χ3v) is 3.97. The Morgan fingerprint density at radius 3 is 2.64 bits per heavy atom. The van der Waals surface area contributed by atoms with E-state index < -0.39 is 6.10 Å². The summed E-state index contributed by atoms with van der Waals surface area (Å²) >= 11 is 7.36. The third kappa shape index (κ3) is 5.16. The molecule has 0 saturated heterocycles. The van der Waals surface area contributed by atoms with E-state index in [0.717, 1.165) is 5.56 Å². The van der Waals surface area contributed by atoms with Crippen LogP contribution in [-0.2, 0) is 20.7 Å². The maximum Gasteiger partial charge on any atom is 0.306 e. The predicted molar refractivity (Wildman–Crippen MR) is 88.3 cm³/mol. The second kappa shape index (κ2) is 7.96. The van der Waals surface area contributed by atoms with Gasteiger partial charge in [-0.25, -0.2) is 0 Å². The molecule has 1 amide bonds. The molecule has 1 heterocycles. The first-order chi connectivity index (χ1) is 10.5. The zero-order valence-corrected chi connectivity index (χ0v) is 13.6. The molecule has 1 aromatic heterocycles. The monoisotopic (exact) mass is 337 g/mol. The van der Waals surface area contributed by atoms with Crippen LogP contribution in [0.2, 0.25) is 5.02 Å². The number of benzene rings is 1. The molecule has 4 nitrogen and oxygen atoms in total. The number of rotatable bonds is 6. The minimum atomic E-state index is -0.842. The lowest BCUT2D eigenvalue weighted by atomic mass is 10.2. The van der Waals surface area contributed by atoms with Crippen molar-refractivity contribution in [3.05, 3.63) is 51.7 Å². The van der Waals surface area contributed by atoms with Crippen LogP contribution in [0, 0.1) is 0 Å². The van der Waals surface area contributed by atoms with Gasteiger partial charge in [-0.2, -0.15) is 11.3 Å². The number of amides is 1. The van der Waals surface area contributed by atoms with Crippen molar-refractivity contribution in [2.24, 2.45) is 0 Å². The first-order valence-electron chi connectivity index (χ1n) is 6.81. The van der Waals surface area contributed by atoms with Crippen LogP contribution in [0.5, 0.6) is 0 Å². The first-order valence-corrected chi connectivity index (χ1v) is 8.13. The zero-order valence-electron chi connectivity index (χ0n) is 12.0. The van der Waals surface area contributed by atoms with Crippen molar-refractivity contribution >= 4 is 40.5 Å². The number of carbonyl (C=O) groups excluding carboxylic acids is 2. The van der Waals surface area contributed by atoms with Gasteiger partial charge >= 0.3 is 5.97 Å². The Bertz CT molecular complexity index is 625.